The van der Waals surface area contributed by atoms with Crippen LogP contribution in [0.25, 0.3) is 11.3 Å². The van der Waals surface area contributed by atoms with E-state index in [1.54, 1.807) is 31.4 Å². The number of para-hydroxylation sites is 2. The quantitative estimate of drug-likeness (QED) is 0.320. The van der Waals surface area contributed by atoms with Crippen LogP contribution in [-0.2, 0) is 13.1 Å². The van der Waals surface area contributed by atoms with E-state index in [1.807, 2.05) is 49.5 Å². The second-order valence-corrected chi connectivity index (χ2v) is 8.08. The Balaban J connectivity index is 1.37. The number of nitrogen functional groups attached to an aromatic ring is 1. The highest BCUT2D eigenvalue weighted by atomic mass is 16.5. The van der Waals surface area contributed by atoms with E-state index in [1.165, 1.54) is 5.56 Å². The first kappa shape index (κ1) is 23.0. The molecule has 4 aromatic rings. The molecule has 0 bridgehead atoms. The fourth-order valence-electron chi connectivity index (χ4n) is 3.71. The Morgan fingerprint density at radius 2 is 1.65 bits per heavy atom. The first-order valence-corrected chi connectivity index (χ1v) is 11.1. The first-order chi connectivity index (χ1) is 16.5. The lowest BCUT2D eigenvalue weighted by Gasteiger charge is -2.11. The average molecular weight is 453 g/mol. The van der Waals surface area contributed by atoms with Crippen LogP contribution in [0.2, 0.25) is 0 Å². The number of amides is 1. The van der Waals surface area contributed by atoms with Crippen LogP contribution in [0.5, 0.6) is 5.75 Å². The van der Waals surface area contributed by atoms with Gasteiger partial charge in [-0.3, -0.25) is 9.78 Å². The van der Waals surface area contributed by atoms with Gasteiger partial charge in [0, 0.05) is 30.4 Å². The van der Waals surface area contributed by atoms with E-state index in [2.05, 4.69) is 33.8 Å². The average Bonchev–Trinajstić information content (AvgIpc) is 2.86. The summed E-state index contributed by atoms with van der Waals surface area (Å²) in [5.74, 6) is 0.654. The second-order valence-electron chi connectivity index (χ2n) is 8.08. The number of rotatable bonds is 8. The zero-order valence-electron chi connectivity index (χ0n) is 19.3. The summed E-state index contributed by atoms with van der Waals surface area (Å²) in [4.78, 5) is 17.2. The summed E-state index contributed by atoms with van der Waals surface area (Å²) >= 11 is 0. The molecule has 0 spiro atoms. The maximum Gasteiger partial charge on any atom is 0.255 e. The van der Waals surface area contributed by atoms with E-state index in [0.29, 0.717) is 16.9 Å². The predicted molar refractivity (Wildman–Crippen MR) is 137 cm³/mol. The molecular formula is C28H28N4O2. The van der Waals surface area contributed by atoms with E-state index in [-0.39, 0.29) is 5.91 Å². The summed E-state index contributed by atoms with van der Waals surface area (Å²) in [5, 5.41) is 6.30. The SMILES string of the molecule is COc1ccc(CNCc2cnc(-c3ccc(C(=O)Nc4ccccc4N)cc3)c(C)c2)cc1. The molecular weight excluding hydrogens is 424 g/mol. The normalized spacial score (nSPS) is 10.6. The summed E-state index contributed by atoms with van der Waals surface area (Å²) in [6.45, 7) is 3.54. The fourth-order valence-corrected chi connectivity index (χ4v) is 3.71. The minimum Gasteiger partial charge on any atom is -0.497 e. The molecule has 3 aromatic carbocycles. The minimum atomic E-state index is -0.201. The maximum absolute atomic E-state index is 12.6. The third-order valence-corrected chi connectivity index (χ3v) is 5.58. The Hall–Kier alpha value is -4.16. The molecule has 0 aliphatic carbocycles. The van der Waals surface area contributed by atoms with Crippen molar-refractivity contribution >= 4 is 17.3 Å². The number of methoxy groups -OCH3 is 1. The molecule has 172 valence electrons. The molecule has 4 N–H and O–H groups in total. The van der Waals surface area contributed by atoms with Crippen molar-refractivity contribution in [1.29, 1.82) is 0 Å². The van der Waals surface area contributed by atoms with E-state index >= 15 is 0 Å². The smallest absolute Gasteiger partial charge is 0.255 e. The Morgan fingerprint density at radius 1 is 0.941 bits per heavy atom. The monoisotopic (exact) mass is 452 g/mol. The molecule has 0 atom stereocenters. The Bertz CT molecular complexity index is 1270. The molecule has 1 amide bonds. The standard InChI is InChI=1S/C28H28N4O2/c1-19-15-21(17-30-16-20-7-13-24(34-2)14-8-20)18-31-27(19)22-9-11-23(12-10-22)28(33)32-26-6-4-3-5-25(26)29/h3-15,18,30H,16-17,29H2,1-2H3,(H,32,33). The number of hydrogen-bond acceptors (Lipinski definition) is 5. The van der Waals surface area contributed by atoms with Crippen molar-refractivity contribution in [2.75, 3.05) is 18.2 Å². The number of carbonyl (C=O) groups is 1. The summed E-state index contributed by atoms with van der Waals surface area (Å²) < 4.78 is 5.20. The van der Waals surface area contributed by atoms with E-state index in [0.717, 1.165) is 41.2 Å². The Morgan fingerprint density at radius 3 is 2.32 bits per heavy atom. The van der Waals surface area contributed by atoms with Gasteiger partial charge in [0.15, 0.2) is 0 Å². The Labute approximate surface area is 199 Å². The number of hydrogen-bond donors (Lipinski definition) is 3. The number of aromatic nitrogens is 1. The van der Waals surface area contributed by atoms with Gasteiger partial charge in [-0.15, -0.1) is 0 Å². The highest BCUT2D eigenvalue weighted by Crippen LogP contribution is 2.23. The van der Waals surface area contributed by atoms with Gasteiger partial charge in [-0.25, -0.2) is 0 Å². The molecule has 0 fully saturated rings. The molecule has 0 saturated carbocycles. The van der Waals surface area contributed by atoms with Crippen LogP contribution in [0.3, 0.4) is 0 Å². The van der Waals surface area contributed by atoms with Crippen LogP contribution >= 0.6 is 0 Å². The number of nitrogens with two attached hydrogens (primary N) is 1. The van der Waals surface area contributed by atoms with Crippen LogP contribution in [0.1, 0.15) is 27.0 Å². The van der Waals surface area contributed by atoms with Crippen molar-refractivity contribution in [3.8, 4) is 17.0 Å². The number of carbonyl (C=O) groups excluding carboxylic acids is 1. The van der Waals surface area contributed by atoms with Crippen molar-refractivity contribution in [2.24, 2.45) is 0 Å². The molecule has 0 aliphatic rings. The van der Waals surface area contributed by atoms with Gasteiger partial charge in [-0.05, 0) is 60.0 Å². The Kier molecular flexibility index (Phi) is 7.20. The third kappa shape index (κ3) is 5.60. The van der Waals surface area contributed by atoms with Crippen molar-refractivity contribution in [3.05, 3.63) is 107 Å². The topological polar surface area (TPSA) is 89.3 Å². The van der Waals surface area contributed by atoms with Crippen molar-refractivity contribution in [2.45, 2.75) is 20.0 Å². The second kappa shape index (κ2) is 10.6. The molecule has 4 rings (SSSR count). The van der Waals surface area contributed by atoms with Crippen LogP contribution < -0.4 is 21.1 Å². The summed E-state index contributed by atoms with van der Waals surface area (Å²) in [6, 6.07) is 24.8. The van der Waals surface area contributed by atoms with Crippen LogP contribution in [0, 0.1) is 6.92 Å². The molecule has 6 nitrogen and oxygen atoms in total. The van der Waals surface area contributed by atoms with Gasteiger partial charge in [0.25, 0.3) is 5.91 Å². The number of ether oxygens (including phenoxy) is 1. The van der Waals surface area contributed by atoms with Crippen molar-refractivity contribution in [3.63, 3.8) is 0 Å². The van der Waals surface area contributed by atoms with E-state index in [4.69, 9.17) is 10.5 Å². The summed E-state index contributed by atoms with van der Waals surface area (Å²) in [5.41, 5.74) is 12.9. The zero-order valence-corrected chi connectivity index (χ0v) is 19.3. The lowest BCUT2D eigenvalue weighted by molar-refractivity contribution is 0.102. The minimum absolute atomic E-state index is 0.201. The van der Waals surface area contributed by atoms with Crippen LogP contribution in [0.15, 0.2) is 85.1 Å². The highest BCUT2D eigenvalue weighted by Gasteiger charge is 2.10. The number of nitrogens with zero attached hydrogens (tertiary/aromatic N) is 1. The van der Waals surface area contributed by atoms with E-state index in [9.17, 15) is 4.79 Å². The van der Waals surface area contributed by atoms with Gasteiger partial charge < -0.3 is 21.1 Å². The van der Waals surface area contributed by atoms with Crippen molar-refractivity contribution < 1.29 is 9.53 Å². The zero-order chi connectivity index (χ0) is 23.9. The number of aryl methyl sites for hydroxylation is 1. The van der Waals surface area contributed by atoms with Gasteiger partial charge >= 0.3 is 0 Å². The van der Waals surface area contributed by atoms with Crippen LogP contribution in [-0.4, -0.2) is 18.0 Å². The summed E-state index contributed by atoms with van der Waals surface area (Å²) in [6.07, 6.45) is 1.89. The van der Waals surface area contributed by atoms with Gasteiger partial charge in [-0.2, -0.15) is 0 Å². The van der Waals surface area contributed by atoms with E-state index < -0.39 is 0 Å². The van der Waals surface area contributed by atoms with Gasteiger partial charge in [-0.1, -0.05) is 42.5 Å². The van der Waals surface area contributed by atoms with Gasteiger partial charge in [0.05, 0.1) is 24.2 Å². The van der Waals surface area contributed by atoms with Crippen LogP contribution in [0.4, 0.5) is 11.4 Å². The van der Waals surface area contributed by atoms with Gasteiger partial charge in [0.2, 0.25) is 0 Å². The number of nitrogens with one attached hydrogen (secondary N) is 2. The lowest BCUT2D eigenvalue weighted by Crippen LogP contribution is -2.13. The summed E-state index contributed by atoms with van der Waals surface area (Å²) in [7, 11) is 1.67. The fraction of sp³-hybridized carbons (Fsp3) is 0.143. The molecule has 0 aliphatic heterocycles. The molecule has 0 unspecified atom stereocenters. The van der Waals surface area contributed by atoms with Crippen molar-refractivity contribution in [1.82, 2.24) is 10.3 Å². The molecule has 0 saturated heterocycles. The maximum atomic E-state index is 12.6. The molecule has 6 heteroatoms. The number of benzene rings is 3. The molecule has 1 heterocycles. The number of pyridine rings is 1. The first-order valence-electron chi connectivity index (χ1n) is 11.1. The lowest BCUT2D eigenvalue weighted by atomic mass is 10.0. The van der Waals surface area contributed by atoms with Gasteiger partial charge in [0.1, 0.15) is 5.75 Å². The predicted octanol–water partition coefficient (Wildman–Crippen LogP) is 5.19. The number of anilines is 2. The molecule has 0 radical (unpaired) electrons. The molecule has 1 aromatic heterocycles. The third-order valence-electron chi connectivity index (χ3n) is 5.58. The largest absolute Gasteiger partial charge is 0.497 e. The molecule has 34 heavy (non-hydrogen) atoms. The highest BCUT2D eigenvalue weighted by molar-refractivity contribution is 6.05.